The highest BCUT2D eigenvalue weighted by Crippen LogP contribution is 2.32. The van der Waals surface area contributed by atoms with Crippen LogP contribution in [0.3, 0.4) is 0 Å². The molecule has 0 fully saturated rings. The van der Waals surface area contributed by atoms with Gasteiger partial charge in [0, 0.05) is 12.1 Å². The van der Waals surface area contributed by atoms with Crippen molar-refractivity contribution in [3.8, 4) is 11.5 Å². The Bertz CT molecular complexity index is 1440. The van der Waals surface area contributed by atoms with Crippen LogP contribution in [0.25, 0.3) is 0 Å². The number of nitrogens with one attached hydrogen (secondary N) is 1. The maximum absolute atomic E-state index is 12.7. The first kappa shape index (κ1) is 23.2. The van der Waals surface area contributed by atoms with Crippen LogP contribution in [0.1, 0.15) is 27.4 Å². The quantitative estimate of drug-likeness (QED) is 0.274. The van der Waals surface area contributed by atoms with Crippen molar-refractivity contribution in [2.75, 3.05) is 5.32 Å². The maximum atomic E-state index is 12.7. The molecule has 1 amide bonds. The van der Waals surface area contributed by atoms with Crippen LogP contribution < -0.4 is 10.1 Å². The summed E-state index contributed by atoms with van der Waals surface area (Å²) in [5, 5.41) is 28.7. The first-order chi connectivity index (χ1) is 16.7. The van der Waals surface area contributed by atoms with Gasteiger partial charge in [-0.05, 0) is 43.2 Å². The molecule has 0 bridgehead atoms. The minimum absolute atomic E-state index is 0.0508. The zero-order chi connectivity index (χ0) is 25.1. The fourth-order valence-electron chi connectivity index (χ4n) is 3.23. The van der Waals surface area contributed by atoms with E-state index in [2.05, 4.69) is 10.4 Å². The molecule has 0 radical (unpaired) electrons. The molecule has 0 aliphatic carbocycles. The zero-order valence-corrected chi connectivity index (χ0v) is 18.6. The maximum Gasteiger partial charge on any atom is 0.307 e. The number of hydrogen-bond acceptors (Lipinski definition) is 8. The van der Waals surface area contributed by atoms with E-state index in [-0.39, 0.29) is 35.1 Å². The zero-order valence-electron chi connectivity index (χ0n) is 18.6. The topological polar surface area (TPSA) is 156 Å². The Kier molecular flexibility index (Phi) is 6.27. The van der Waals surface area contributed by atoms with Gasteiger partial charge in [0.15, 0.2) is 5.76 Å². The molecule has 0 unspecified atom stereocenters. The van der Waals surface area contributed by atoms with Gasteiger partial charge in [0.25, 0.3) is 11.6 Å². The Morgan fingerprint density at radius 2 is 1.83 bits per heavy atom. The molecular weight excluding hydrogens is 458 g/mol. The Labute approximate surface area is 198 Å². The van der Waals surface area contributed by atoms with E-state index < -0.39 is 15.8 Å². The highest BCUT2D eigenvalue weighted by atomic mass is 16.6. The number of nitro groups is 2. The number of rotatable bonds is 8. The standard InChI is InChI=1S/C23H19N5O7/c1-14-3-4-15(2)22(7-14)35-20-9-16(8-17(10-20)27(30)31)25-23(29)21-6-5-19(34-21)13-26-12-18(11-24-26)28(32)33/h3-12H,13H2,1-2H3,(H,25,29). The first-order valence-electron chi connectivity index (χ1n) is 10.3. The highest BCUT2D eigenvalue weighted by Gasteiger charge is 2.17. The van der Waals surface area contributed by atoms with Crippen molar-refractivity contribution < 1.29 is 23.8 Å². The summed E-state index contributed by atoms with van der Waals surface area (Å²) >= 11 is 0. The normalized spacial score (nSPS) is 10.7. The molecule has 0 saturated heterocycles. The van der Waals surface area contributed by atoms with Crippen LogP contribution in [0.15, 0.2) is 65.3 Å². The molecule has 2 aromatic heterocycles. The van der Waals surface area contributed by atoms with Gasteiger partial charge in [0.1, 0.15) is 29.7 Å². The Balaban J connectivity index is 1.52. The minimum atomic E-state index is -0.638. The fourth-order valence-corrected chi connectivity index (χ4v) is 3.23. The number of non-ortho nitro benzene ring substituents is 1. The second-order valence-electron chi connectivity index (χ2n) is 7.72. The summed E-state index contributed by atoms with van der Waals surface area (Å²) in [5.41, 5.74) is 1.52. The summed E-state index contributed by atoms with van der Waals surface area (Å²) < 4.78 is 12.7. The van der Waals surface area contributed by atoms with Crippen molar-refractivity contribution in [2.45, 2.75) is 20.4 Å². The molecule has 0 atom stereocenters. The molecule has 0 spiro atoms. The number of carbonyl (C=O) groups excluding carboxylic acids is 1. The van der Waals surface area contributed by atoms with Crippen molar-refractivity contribution in [1.82, 2.24) is 9.78 Å². The van der Waals surface area contributed by atoms with E-state index in [4.69, 9.17) is 9.15 Å². The lowest BCUT2D eigenvalue weighted by molar-refractivity contribution is -0.385. The van der Waals surface area contributed by atoms with E-state index in [1.165, 1.54) is 41.2 Å². The lowest BCUT2D eigenvalue weighted by atomic mass is 10.1. The average Bonchev–Trinajstić information content (AvgIpc) is 3.46. The molecule has 4 rings (SSSR count). The molecule has 1 N–H and O–H groups in total. The van der Waals surface area contributed by atoms with E-state index in [1.807, 2.05) is 32.0 Å². The third kappa shape index (κ3) is 5.50. The van der Waals surface area contributed by atoms with Crippen LogP contribution in [0, 0.1) is 34.1 Å². The van der Waals surface area contributed by atoms with Gasteiger partial charge < -0.3 is 14.5 Å². The van der Waals surface area contributed by atoms with E-state index in [0.29, 0.717) is 11.5 Å². The third-order valence-corrected chi connectivity index (χ3v) is 4.97. The second kappa shape index (κ2) is 9.47. The van der Waals surface area contributed by atoms with Crippen LogP contribution >= 0.6 is 0 Å². The van der Waals surface area contributed by atoms with Crippen molar-refractivity contribution in [1.29, 1.82) is 0 Å². The van der Waals surface area contributed by atoms with Gasteiger partial charge in [-0.15, -0.1) is 0 Å². The van der Waals surface area contributed by atoms with Gasteiger partial charge in [-0.1, -0.05) is 12.1 Å². The van der Waals surface area contributed by atoms with E-state index in [0.717, 1.165) is 17.3 Å². The average molecular weight is 477 g/mol. The van der Waals surface area contributed by atoms with Gasteiger partial charge in [-0.3, -0.25) is 29.7 Å². The molecule has 12 nitrogen and oxygen atoms in total. The van der Waals surface area contributed by atoms with Gasteiger partial charge >= 0.3 is 5.69 Å². The summed E-state index contributed by atoms with van der Waals surface area (Å²) in [6.07, 6.45) is 2.35. The SMILES string of the molecule is Cc1ccc(C)c(Oc2cc(NC(=O)c3ccc(Cn4cc([N+](=O)[O-])cn4)o3)cc([N+](=O)[O-])c2)c1. The van der Waals surface area contributed by atoms with Gasteiger partial charge in [-0.2, -0.15) is 5.10 Å². The van der Waals surface area contributed by atoms with Crippen LogP contribution in [-0.2, 0) is 6.54 Å². The van der Waals surface area contributed by atoms with Crippen molar-refractivity contribution >= 4 is 23.0 Å². The number of aromatic nitrogens is 2. The smallest absolute Gasteiger partial charge is 0.307 e. The fraction of sp³-hybridized carbons (Fsp3) is 0.130. The van der Waals surface area contributed by atoms with Crippen LogP contribution in [0.4, 0.5) is 17.1 Å². The molecule has 178 valence electrons. The molecule has 35 heavy (non-hydrogen) atoms. The molecular formula is C23H19N5O7. The number of carbonyl (C=O) groups is 1. The monoisotopic (exact) mass is 477 g/mol. The Morgan fingerprint density at radius 1 is 1.06 bits per heavy atom. The number of nitrogens with zero attached hydrogens (tertiary/aromatic N) is 4. The van der Waals surface area contributed by atoms with E-state index in [9.17, 15) is 25.0 Å². The van der Waals surface area contributed by atoms with Crippen molar-refractivity contribution in [3.63, 3.8) is 0 Å². The lowest BCUT2D eigenvalue weighted by Crippen LogP contribution is -2.11. The molecule has 0 aliphatic heterocycles. The number of anilines is 1. The van der Waals surface area contributed by atoms with Gasteiger partial charge in [0.05, 0.1) is 28.1 Å². The Morgan fingerprint density at radius 3 is 2.54 bits per heavy atom. The number of aryl methyl sites for hydroxylation is 2. The van der Waals surface area contributed by atoms with Crippen molar-refractivity contribution in [2.24, 2.45) is 0 Å². The number of nitro benzene ring substituents is 1. The minimum Gasteiger partial charge on any atom is -0.457 e. The predicted molar refractivity (Wildman–Crippen MR) is 124 cm³/mol. The number of benzene rings is 2. The number of hydrogen-bond donors (Lipinski definition) is 1. The number of furan rings is 1. The third-order valence-electron chi connectivity index (χ3n) is 4.97. The molecule has 2 heterocycles. The second-order valence-corrected chi connectivity index (χ2v) is 7.72. The lowest BCUT2D eigenvalue weighted by Gasteiger charge is -2.11. The van der Waals surface area contributed by atoms with Gasteiger partial charge in [-0.25, -0.2) is 0 Å². The summed E-state index contributed by atoms with van der Waals surface area (Å²) in [7, 11) is 0. The van der Waals surface area contributed by atoms with Crippen LogP contribution in [0.5, 0.6) is 11.5 Å². The highest BCUT2D eigenvalue weighted by molar-refractivity contribution is 6.02. The molecule has 0 aliphatic rings. The summed E-state index contributed by atoms with van der Waals surface area (Å²) in [5.74, 6) is 0.373. The Hall–Kier alpha value is -5.00. The molecule has 0 saturated carbocycles. The van der Waals surface area contributed by atoms with Crippen molar-refractivity contribution in [3.05, 3.63) is 104 Å². The molecule has 4 aromatic rings. The van der Waals surface area contributed by atoms with E-state index in [1.54, 1.807) is 0 Å². The number of amides is 1. The largest absolute Gasteiger partial charge is 0.457 e. The first-order valence-corrected chi connectivity index (χ1v) is 10.3. The van der Waals surface area contributed by atoms with Crippen LogP contribution in [-0.4, -0.2) is 25.5 Å². The summed E-state index contributed by atoms with van der Waals surface area (Å²) in [4.78, 5) is 33.8. The summed E-state index contributed by atoms with van der Waals surface area (Å²) in [6.45, 7) is 3.83. The van der Waals surface area contributed by atoms with Crippen LogP contribution in [0.2, 0.25) is 0 Å². The van der Waals surface area contributed by atoms with Gasteiger partial charge in [0.2, 0.25) is 0 Å². The predicted octanol–water partition coefficient (Wildman–Crippen LogP) is 5.00. The van der Waals surface area contributed by atoms with E-state index >= 15 is 0 Å². The molecule has 12 heteroatoms. The molecule has 2 aromatic carbocycles. The summed E-state index contributed by atoms with van der Waals surface area (Å²) in [6, 6.07) is 12.5. The number of ether oxygens (including phenoxy) is 1.